The van der Waals surface area contributed by atoms with E-state index in [9.17, 15) is 4.79 Å². The smallest absolute Gasteiger partial charge is 0.238 e. The van der Waals surface area contributed by atoms with E-state index in [1.807, 2.05) is 4.90 Å². The van der Waals surface area contributed by atoms with Gasteiger partial charge in [-0.3, -0.25) is 4.79 Å². The fraction of sp³-hybridized carbons (Fsp3) is 0.706. The molecule has 4 heteroatoms. The minimum Gasteiger partial charge on any atom is -0.380 e. The van der Waals surface area contributed by atoms with Gasteiger partial charge in [-0.15, -0.1) is 11.6 Å². The summed E-state index contributed by atoms with van der Waals surface area (Å²) in [5.41, 5.74) is 1.08. The monoisotopic (exact) mass is 313 g/mol. The summed E-state index contributed by atoms with van der Waals surface area (Å²) < 4.78 is 5.58. The molecule has 0 heterocycles. The molecule has 1 amide bonds. The molecule has 0 aromatic heterocycles. The van der Waals surface area contributed by atoms with E-state index in [0.717, 1.165) is 32.3 Å². The highest BCUT2D eigenvalue weighted by molar-refractivity contribution is 6.27. The molecule has 0 aromatic rings. The number of ether oxygens (including phenoxy) is 1. The Morgan fingerprint density at radius 1 is 1.38 bits per heavy atom. The van der Waals surface area contributed by atoms with Gasteiger partial charge in [0.1, 0.15) is 5.88 Å². The van der Waals surface area contributed by atoms with Crippen molar-refractivity contribution in [2.75, 3.05) is 25.6 Å². The van der Waals surface area contributed by atoms with Crippen molar-refractivity contribution < 1.29 is 9.53 Å². The number of carbonyl (C=O) groups is 1. The zero-order chi connectivity index (χ0) is 15.7. The first kappa shape index (κ1) is 18.2. The minimum absolute atomic E-state index is 0.00624. The zero-order valence-corrected chi connectivity index (χ0v) is 14.3. The first-order valence-corrected chi connectivity index (χ1v) is 8.50. The lowest BCUT2D eigenvalue weighted by Gasteiger charge is -2.46. The average molecular weight is 314 g/mol. The van der Waals surface area contributed by atoms with Gasteiger partial charge < -0.3 is 9.64 Å². The van der Waals surface area contributed by atoms with Crippen LogP contribution in [0.2, 0.25) is 0 Å². The van der Waals surface area contributed by atoms with E-state index in [4.69, 9.17) is 16.3 Å². The van der Waals surface area contributed by atoms with Gasteiger partial charge in [0.05, 0.1) is 12.1 Å². The molecule has 0 aromatic carbocycles. The Hall–Kier alpha value is -0.800. The molecule has 1 rings (SSSR count). The zero-order valence-electron chi connectivity index (χ0n) is 13.5. The molecule has 1 unspecified atom stereocenters. The van der Waals surface area contributed by atoms with Crippen LogP contribution in [0.4, 0.5) is 0 Å². The summed E-state index contributed by atoms with van der Waals surface area (Å²) in [6, 6.07) is 0. The van der Waals surface area contributed by atoms with Crippen LogP contribution in [0, 0.1) is 0 Å². The van der Waals surface area contributed by atoms with Crippen LogP contribution < -0.4 is 0 Å². The third kappa shape index (κ3) is 4.33. The summed E-state index contributed by atoms with van der Waals surface area (Å²) in [5.74, 6) is 0.0178. The van der Waals surface area contributed by atoms with Crippen molar-refractivity contribution in [2.24, 2.45) is 0 Å². The van der Waals surface area contributed by atoms with Crippen molar-refractivity contribution >= 4 is 17.5 Å². The number of hydrogen-bond acceptors (Lipinski definition) is 2. The number of nitrogens with zero attached hydrogens (tertiary/aromatic N) is 1. The van der Waals surface area contributed by atoms with E-state index in [-0.39, 0.29) is 17.3 Å². The van der Waals surface area contributed by atoms with Gasteiger partial charge in [0.2, 0.25) is 5.91 Å². The topological polar surface area (TPSA) is 29.5 Å². The van der Waals surface area contributed by atoms with Gasteiger partial charge in [0, 0.05) is 13.2 Å². The van der Waals surface area contributed by atoms with Crippen molar-refractivity contribution in [3.8, 4) is 0 Å². The van der Waals surface area contributed by atoms with Crippen molar-refractivity contribution in [1.29, 1.82) is 0 Å². The Morgan fingerprint density at radius 3 is 2.71 bits per heavy atom. The van der Waals surface area contributed by atoms with E-state index in [1.54, 1.807) is 0 Å². The van der Waals surface area contributed by atoms with Gasteiger partial charge in [-0.05, 0) is 31.3 Å². The first-order valence-electron chi connectivity index (χ1n) is 7.96. The van der Waals surface area contributed by atoms with Crippen LogP contribution in [0.3, 0.4) is 0 Å². The number of amides is 1. The highest BCUT2D eigenvalue weighted by Crippen LogP contribution is 2.37. The van der Waals surface area contributed by atoms with Crippen LogP contribution in [-0.4, -0.2) is 42.0 Å². The molecule has 1 aliphatic carbocycles. The second-order valence-electron chi connectivity index (χ2n) is 5.35. The second-order valence-corrected chi connectivity index (χ2v) is 5.62. The predicted molar refractivity (Wildman–Crippen MR) is 88.7 cm³/mol. The molecule has 120 valence electrons. The standard InChI is InChI=1S/C17H28ClNO2/c1-4-12-21-13-11-19(16(20)14-18)17(6-3)10-8-7-9-15(17)5-2/h7-9H,4-6,10-14H2,1-3H3. The molecule has 3 nitrogen and oxygen atoms in total. The molecule has 0 spiro atoms. The SMILES string of the molecule is CCCOCCN(C(=O)CCl)C1(CC)CC=CC=C1CC. The maximum atomic E-state index is 12.4. The highest BCUT2D eigenvalue weighted by atomic mass is 35.5. The Bertz CT molecular complexity index is 392. The quantitative estimate of drug-likeness (QED) is 0.477. The van der Waals surface area contributed by atoms with Gasteiger partial charge in [-0.25, -0.2) is 0 Å². The van der Waals surface area contributed by atoms with Crippen LogP contribution in [0.25, 0.3) is 0 Å². The van der Waals surface area contributed by atoms with Crippen molar-refractivity contribution in [3.05, 3.63) is 23.8 Å². The summed E-state index contributed by atoms with van der Waals surface area (Å²) in [6.07, 6.45) is 10.1. The Labute approximate surface area is 134 Å². The van der Waals surface area contributed by atoms with Crippen molar-refractivity contribution in [1.82, 2.24) is 4.90 Å². The van der Waals surface area contributed by atoms with Gasteiger partial charge >= 0.3 is 0 Å². The second kappa shape index (κ2) is 9.26. The normalized spacial score (nSPS) is 21.2. The summed E-state index contributed by atoms with van der Waals surface area (Å²) in [5, 5.41) is 0. The largest absolute Gasteiger partial charge is 0.380 e. The Kier molecular flexibility index (Phi) is 8.05. The van der Waals surface area contributed by atoms with Crippen LogP contribution in [-0.2, 0) is 9.53 Å². The third-order valence-electron chi connectivity index (χ3n) is 4.19. The number of carbonyl (C=O) groups excluding carboxylic acids is 1. The summed E-state index contributed by atoms with van der Waals surface area (Å²) >= 11 is 5.85. The third-order valence-corrected chi connectivity index (χ3v) is 4.42. The molecular weight excluding hydrogens is 286 g/mol. The van der Waals surface area contributed by atoms with Gasteiger partial charge in [0.25, 0.3) is 0 Å². The Morgan fingerprint density at radius 2 is 2.14 bits per heavy atom. The number of rotatable bonds is 9. The van der Waals surface area contributed by atoms with Crippen LogP contribution in [0.15, 0.2) is 23.8 Å². The molecule has 0 aliphatic heterocycles. The molecular formula is C17H28ClNO2. The average Bonchev–Trinajstić information content (AvgIpc) is 2.54. The van der Waals surface area contributed by atoms with Gasteiger partial charge in [-0.2, -0.15) is 0 Å². The Balaban J connectivity index is 2.95. The molecule has 0 radical (unpaired) electrons. The van der Waals surface area contributed by atoms with Crippen LogP contribution in [0.5, 0.6) is 0 Å². The fourth-order valence-corrected chi connectivity index (χ4v) is 3.22. The molecule has 0 N–H and O–H groups in total. The number of alkyl halides is 1. The molecule has 0 fully saturated rings. The summed E-state index contributed by atoms with van der Waals surface area (Å²) in [6.45, 7) is 8.28. The summed E-state index contributed by atoms with van der Waals surface area (Å²) in [4.78, 5) is 14.3. The van der Waals surface area contributed by atoms with Crippen LogP contribution in [0.1, 0.15) is 46.5 Å². The summed E-state index contributed by atoms with van der Waals surface area (Å²) in [7, 11) is 0. The molecule has 21 heavy (non-hydrogen) atoms. The molecule has 0 bridgehead atoms. The van der Waals surface area contributed by atoms with Gasteiger partial charge in [0.15, 0.2) is 0 Å². The van der Waals surface area contributed by atoms with E-state index < -0.39 is 0 Å². The predicted octanol–water partition coefficient (Wildman–Crippen LogP) is 3.93. The van der Waals surface area contributed by atoms with Crippen molar-refractivity contribution in [3.63, 3.8) is 0 Å². The molecule has 0 saturated carbocycles. The lowest BCUT2D eigenvalue weighted by molar-refractivity contribution is -0.135. The van der Waals surface area contributed by atoms with E-state index in [0.29, 0.717) is 13.2 Å². The first-order chi connectivity index (χ1) is 10.2. The van der Waals surface area contributed by atoms with Crippen LogP contribution >= 0.6 is 11.6 Å². The highest BCUT2D eigenvalue weighted by Gasteiger charge is 2.40. The minimum atomic E-state index is -0.231. The maximum Gasteiger partial charge on any atom is 0.238 e. The fourth-order valence-electron chi connectivity index (χ4n) is 3.08. The number of halogens is 1. The number of hydrogen-bond donors (Lipinski definition) is 0. The lowest BCUT2D eigenvalue weighted by Crippen LogP contribution is -2.54. The number of allylic oxidation sites excluding steroid dienone is 2. The van der Waals surface area contributed by atoms with Crippen molar-refractivity contribution in [2.45, 2.75) is 52.0 Å². The van der Waals surface area contributed by atoms with E-state index in [1.165, 1.54) is 5.57 Å². The molecule has 1 atom stereocenters. The maximum absolute atomic E-state index is 12.4. The lowest BCUT2D eigenvalue weighted by atomic mass is 9.78. The van der Waals surface area contributed by atoms with E-state index >= 15 is 0 Å². The molecule has 1 aliphatic rings. The molecule has 0 saturated heterocycles. The van der Waals surface area contributed by atoms with Gasteiger partial charge in [-0.1, -0.05) is 39.0 Å². The van der Waals surface area contributed by atoms with E-state index in [2.05, 4.69) is 39.0 Å².